The molecule has 23 heavy (non-hydrogen) atoms. The summed E-state index contributed by atoms with van der Waals surface area (Å²) in [5.41, 5.74) is 0.966. The van der Waals surface area contributed by atoms with Gasteiger partial charge in [-0.1, -0.05) is 12.1 Å². The van der Waals surface area contributed by atoms with E-state index in [2.05, 4.69) is 16.0 Å². The van der Waals surface area contributed by atoms with Gasteiger partial charge in [0, 0.05) is 36.1 Å². The number of benzene rings is 2. The van der Waals surface area contributed by atoms with Gasteiger partial charge in [-0.25, -0.2) is 4.79 Å². The fourth-order valence-electron chi connectivity index (χ4n) is 1.83. The first-order valence-electron chi connectivity index (χ1n) is 6.64. The van der Waals surface area contributed by atoms with Crippen LogP contribution < -0.4 is 16.0 Å². The van der Waals surface area contributed by atoms with Crippen molar-refractivity contribution in [3.8, 4) is 0 Å². The third kappa shape index (κ3) is 4.27. The normalized spacial score (nSPS) is 9.78. The molecule has 0 saturated carbocycles. The number of nitrogens with one attached hydrogen (secondary N) is 3. The predicted octanol–water partition coefficient (Wildman–Crippen LogP) is 2.60. The molecule has 2 rings (SSSR count). The summed E-state index contributed by atoms with van der Waals surface area (Å²) in [5, 5.41) is 18.4. The van der Waals surface area contributed by atoms with Crippen molar-refractivity contribution in [3.63, 3.8) is 0 Å². The van der Waals surface area contributed by atoms with E-state index in [4.69, 9.17) is 0 Å². The molecule has 0 spiro atoms. The van der Waals surface area contributed by atoms with Crippen LogP contribution >= 0.6 is 0 Å². The summed E-state index contributed by atoms with van der Waals surface area (Å²) >= 11 is 0. The number of nitro groups is 1. The minimum absolute atomic E-state index is 0.160. The molecule has 0 fully saturated rings. The smallest absolute Gasteiger partial charge is 0.318 e. The molecule has 0 aliphatic rings. The van der Waals surface area contributed by atoms with Crippen molar-refractivity contribution in [1.29, 1.82) is 0 Å². The maximum Gasteiger partial charge on any atom is 0.318 e. The molecule has 0 bridgehead atoms. The van der Waals surface area contributed by atoms with E-state index in [-0.39, 0.29) is 17.3 Å². The predicted molar refractivity (Wildman–Crippen MR) is 85.6 cm³/mol. The van der Waals surface area contributed by atoms with E-state index in [9.17, 15) is 19.7 Å². The Labute approximate surface area is 131 Å². The Kier molecular flexibility index (Phi) is 4.88. The van der Waals surface area contributed by atoms with Crippen LogP contribution in [0.15, 0.2) is 48.5 Å². The van der Waals surface area contributed by atoms with E-state index < -0.39 is 10.8 Å². The van der Waals surface area contributed by atoms with E-state index >= 15 is 0 Å². The molecule has 0 unspecified atom stereocenters. The summed E-state index contributed by atoms with van der Waals surface area (Å²) in [7, 11) is 1.49. The van der Waals surface area contributed by atoms with E-state index in [0.29, 0.717) is 11.4 Å². The lowest BCUT2D eigenvalue weighted by Gasteiger charge is -2.08. The number of carbonyl (C=O) groups is 2. The summed E-state index contributed by atoms with van der Waals surface area (Å²) in [6.07, 6.45) is 0. The maximum absolute atomic E-state index is 12.1. The van der Waals surface area contributed by atoms with Gasteiger partial charge >= 0.3 is 6.03 Å². The highest BCUT2D eigenvalue weighted by atomic mass is 16.6. The molecule has 0 saturated heterocycles. The summed E-state index contributed by atoms with van der Waals surface area (Å²) in [4.78, 5) is 33.6. The molecule has 0 heterocycles. The van der Waals surface area contributed by atoms with Crippen LogP contribution in [0.2, 0.25) is 0 Å². The molecule has 0 aliphatic heterocycles. The molecule has 2 aromatic carbocycles. The molecule has 3 amide bonds. The standard InChI is InChI=1S/C15H14N4O4/c1-16-15(21)18-12-6-3-5-11(9-12)17-14(20)10-4-2-7-13(8-10)19(22)23/h2-9H,1H3,(H,17,20)(H2,16,18,21). The molecule has 118 valence electrons. The summed E-state index contributed by atoms with van der Waals surface area (Å²) in [5.74, 6) is -0.481. The first-order chi connectivity index (χ1) is 11.0. The van der Waals surface area contributed by atoms with Crippen LogP contribution in [0.1, 0.15) is 10.4 Å². The lowest BCUT2D eigenvalue weighted by Crippen LogP contribution is -2.24. The van der Waals surface area contributed by atoms with Gasteiger partial charge in [-0.2, -0.15) is 0 Å². The number of nitro benzene ring substituents is 1. The number of urea groups is 1. The summed E-state index contributed by atoms with van der Waals surface area (Å²) in [6.45, 7) is 0. The van der Waals surface area contributed by atoms with Gasteiger partial charge in [0.2, 0.25) is 0 Å². The quantitative estimate of drug-likeness (QED) is 0.594. The monoisotopic (exact) mass is 314 g/mol. The Balaban J connectivity index is 2.14. The number of non-ortho nitro benzene ring substituents is 1. The van der Waals surface area contributed by atoms with E-state index in [1.807, 2.05) is 0 Å². The largest absolute Gasteiger partial charge is 0.341 e. The Hall–Kier alpha value is -3.42. The Morgan fingerprint density at radius 2 is 1.65 bits per heavy atom. The van der Waals surface area contributed by atoms with E-state index in [1.54, 1.807) is 24.3 Å². The van der Waals surface area contributed by atoms with E-state index in [1.165, 1.54) is 31.3 Å². The molecular weight excluding hydrogens is 300 g/mol. The molecule has 3 N–H and O–H groups in total. The van der Waals surface area contributed by atoms with Crippen molar-refractivity contribution >= 4 is 29.0 Å². The van der Waals surface area contributed by atoms with Gasteiger partial charge in [-0.15, -0.1) is 0 Å². The zero-order chi connectivity index (χ0) is 16.8. The average Bonchev–Trinajstić information content (AvgIpc) is 2.55. The molecule has 0 aliphatic carbocycles. The van der Waals surface area contributed by atoms with Crippen molar-refractivity contribution in [3.05, 3.63) is 64.2 Å². The average molecular weight is 314 g/mol. The van der Waals surface area contributed by atoms with Crippen LogP contribution in [0.5, 0.6) is 0 Å². The fourth-order valence-corrected chi connectivity index (χ4v) is 1.83. The zero-order valence-corrected chi connectivity index (χ0v) is 12.2. The second-order valence-electron chi connectivity index (χ2n) is 4.55. The fraction of sp³-hybridized carbons (Fsp3) is 0.0667. The van der Waals surface area contributed by atoms with Gasteiger partial charge in [0.1, 0.15) is 0 Å². The zero-order valence-electron chi connectivity index (χ0n) is 12.2. The topological polar surface area (TPSA) is 113 Å². The molecule has 8 nitrogen and oxygen atoms in total. The lowest BCUT2D eigenvalue weighted by atomic mass is 10.2. The first kappa shape index (κ1) is 16.0. The Morgan fingerprint density at radius 1 is 1.00 bits per heavy atom. The van der Waals surface area contributed by atoms with Crippen LogP contribution in [0.4, 0.5) is 21.9 Å². The molecule has 0 aromatic heterocycles. The van der Waals surface area contributed by atoms with E-state index in [0.717, 1.165) is 0 Å². The second kappa shape index (κ2) is 7.03. The highest BCUT2D eigenvalue weighted by Gasteiger charge is 2.12. The highest BCUT2D eigenvalue weighted by Crippen LogP contribution is 2.18. The molecule has 0 radical (unpaired) electrons. The highest BCUT2D eigenvalue weighted by molar-refractivity contribution is 6.05. The first-order valence-corrected chi connectivity index (χ1v) is 6.64. The van der Waals surface area contributed by atoms with Crippen molar-refractivity contribution in [2.24, 2.45) is 0 Å². The number of amides is 3. The number of hydrogen-bond donors (Lipinski definition) is 3. The van der Waals surface area contributed by atoms with Crippen LogP contribution in [0, 0.1) is 10.1 Å². The molecule has 0 atom stereocenters. The van der Waals surface area contributed by atoms with Crippen LogP contribution in [-0.2, 0) is 0 Å². The third-order valence-electron chi connectivity index (χ3n) is 2.92. The number of carbonyl (C=O) groups excluding carboxylic acids is 2. The van der Waals surface area contributed by atoms with Crippen LogP contribution in [0.25, 0.3) is 0 Å². The van der Waals surface area contributed by atoms with Gasteiger partial charge in [0.15, 0.2) is 0 Å². The minimum atomic E-state index is -0.565. The number of rotatable bonds is 4. The molecule has 8 heteroatoms. The van der Waals surface area contributed by atoms with Gasteiger partial charge in [-0.05, 0) is 24.3 Å². The summed E-state index contributed by atoms with van der Waals surface area (Å²) < 4.78 is 0. The van der Waals surface area contributed by atoms with Gasteiger partial charge in [0.25, 0.3) is 11.6 Å². The lowest BCUT2D eigenvalue weighted by molar-refractivity contribution is -0.384. The van der Waals surface area contributed by atoms with Crippen LogP contribution in [-0.4, -0.2) is 23.9 Å². The van der Waals surface area contributed by atoms with Gasteiger partial charge in [0.05, 0.1) is 4.92 Å². The second-order valence-corrected chi connectivity index (χ2v) is 4.55. The minimum Gasteiger partial charge on any atom is -0.341 e. The number of hydrogen-bond acceptors (Lipinski definition) is 4. The number of nitrogens with zero attached hydrogens (tertiary/aromatic N) is 1. The Morgan fingerprint density at radius 3 is 2.30 bits per heavy atom. The van der Waals surface area contributed by atoms with Gasteiger partial charge in [-0.3, -0.25) is 14.9 Å². The van der Waals surface area contributed by atoms with Crippen molar-refractivity contribution in [1.82, 2.24) is 5.32 Å². The summed E-state index contributed by atoms with van der Waals surface area (Å²) in [6, 6.07) is 11.6. The molecular formula is C15H14N4O4. The Bertz CT molecular complexity index is 761. The molecule has 2 aromatic rings. The third-order valence-corrected chi connectivity index (χ3v) is 2.92. The maximum atomic E-state index is 12.1. The van der Waals surface area contributed by atoms with Crippen molar-refractivity contribution in [2.45, 2.75) is 0 Å². The number of anilines is 2. The SMILES string of the molecule is CNC(=O)Nc1cccc(NC(=O)c2cccc([N+](=O)[O-])c2)c1. The van der Waals surface area contributed by atoms with Crippen molar-refractivity contribution in [2.75, 3.05) is 17.7 Å². The van der Waals surface area contributed by atoms with Crippen LogP contribution in [0.3, 0.4) is 0 Å². The van der Waals surface area contributed by atoms with Gasteiger partial charge < -0.3 is 16.0 Å². The van der Waals surface area contributed by atoms with Crippen molar-refractivity contribution < 1.29 is 14.5 Å².